The van der Waals surface area contributed by atoms with Crippen molar-refractivity contribution in [1.29, 1.82) is 0 Å². The average Bonchev–Trinajstić information content (AvgIpc) is 2.83. The van der Waals surface area contributed by atoms with Crippen molar-refractivity contribution >= 4 is 5.91 Å². The van der Waals surface area contributed by atoms with Gasteiger partial charge >= 0.3 is 0 Å². The second kappa shape index (κ2) is 5.92. The van der Waals surface area contributed by atoms with Gasteiger partial charge in [0.2, 0.25) is 0 Å². The van der Waals surface area contributed by atoms with Crippen LogP contribution in [0.5, 0.6) is 0 Å². The van der Waals surface area contributed by atoms with E-state index in [2.05, 4.69) is 5.32 Å². The number of benzene rings is 1. The van der Waals surface area contributed by atoms with Gasteiger partial charge in [-0.3, -0.25) is 4.79 Å². The molecule has 1 aromatic carbocycles. The van der Waals surface area contributed by atoms with Crippen LogP contribution in [-0.4, -0.2) is 37.0 Å². The summed E-state index contributed by atoms with van der Waals surface area (Å²) in [6, 6.07) is 13.5. The fourth-order valence-corrected chi connectivity index (χ4v) is 2.42. The molecule has 1 N–H and O–H groups in total. The molecular formula is C16H18N2O2. The molecule has 0 saturated carbocycles. The first kappa shape index (κ1) is 12.9. The zero-order valence-corrected chi connectivity index (χ0v) is 11.3. The third-order valence-corrected chi connectivity index (χ3v) is 3.50. The van der Waals surface area contributed by atoms with E-state index < -0.39 is 0 Å². The van der Waals surface area contributed by atoms with Crippen LogP contribution in [0.3, 0.4) is 0 Å². The van der Waals surface area contributed by atoms with Crippen LogP contribution in [0.2, 0.25) is 0 Å². The van der Waals surface area contributed by atoms with Gasteiger partial charge < -0.3 is 14.6 Å². The molecule has 2 aromatic rings. The van der Waals surface area contributed by atoms with Crippen LogP contribution in [0.15, 0.2) is 46.9 Å². The summed E-state index contributed by atoms with van der Waals surface area (Å²) in [4.78, 5) is 14.3. The molecule has 20 heavy (non-hydrogen) atoms. The summed E-state index contributed by atoms with van der Waals surface area (Å²) in [5.41, 5.74) is 0.990. The number of nitrogens with zero attached hydrogens (tertiary/aromatic N) is 1. The predicted octanol–water partition coefficient (Wildman–Crippen LogP) is 2.38. The summed E-state index contributed by atoms with van der Waals surface area (Å²) in [5.74, 6) is 1.14. The Kier molecular flexibility index (Phi) is 3.83. The van der Waals surface area contributed by atoms with E-state index in [0.717, 1.165) is 43.9 Å². The number of hydrogen-bond donors (Lipinski definition) is 1. The zero-order valence-electron chi connectivity index (χ0n) is 11.3. The molecule has 3 rings (SSSR count). The molecule has 4 nitrogen and oxygen atoms in total. The Morgan fingerprint density at radius 1 is 1.05 bits per heavy atom. The fraction of sp³-hybridized carbons (Fsp3) is 0.312. The minimum atomic E-state index is -0.0177. The third kappa shape index (κ3) is 2.75. The molecule has 0 spiro atoms. The maximum atomic E-state index is 12.4. The van der Waals surface area contributed by atoms with Gasteiger partial charge in [0.25, 0.3) is 5.91 Å². The van der Waals surface area contributed by atoms with Crippen LogP contribution in [0.4, 0.5) is 0 Å². The van der Waals surface area contributed by atoms with E-state index in [9.17, 15) is 4.79 Å². The highest BCUT2D eigenvalue weighted by Crippen LogP contribution is 2.22. The normalized spacial score (nSPS) is 15.9. The van der Waals surface area contributed by atoms with Crippen LogP contribution >= 0.6 is 0 Å². The van der Waals surface area contributed by atoms with E-state index in [1.807, 2.05) is 41.3 Å². The highest BCUT2D eigenvalue weighted by molar-refractivity contribution is 5.92. The van der Waals surface area contributed by atoms with E-state index >= 15 is 0 Å². The van der Waals surface area contributed by atoms with Crippen molar-refractivity contribution in [2.24, 2.45) is 0 Å². The fourth-order valence-electron chi connectivity index (χ4n) is 2.42. The molecule has 2 heterocycles. The molecule has 0 bridgehead atoms. The molecule has 1 fully saturated rings. The molecule has 104 valence electrons. The van der Waals surface area contributed by atoms with Crippen molar-refractivity contribution in [2.45, 2.75) is 6.42 Å². The third-order valence-electron chi connectivity index (χ3n) is 3.50. The Bertz CT molecular complexity index is 569. The van der Waals surface area contributed by atoms with Crippen molar-refractivity contribution in [3.63, 3.8) is 0 Å². The van der Waals surface area contributed by atoms with Crippen molar-refractivity contribution in [1.82, 2.24) is 10.2 Å². The summed E-state index contributed by atoms with van der Waals surface area (Å²) >= 11 is 0. The maximum Gasteiger partial charge on any atom is 0.289 e. The Morgan fingerprint density at radius 2 is 1.90 bits per heavy atom. The number of furan rings is 1. The number of hydrogen-bond acceptors (Lipinski definition) is 3. The molecule has 0 unspecified atom stereocenters. The number of nitrogens with one attached hydrogen (secondary N) is 1. The molecule has 1 aliphatic heterocycles. The van der Waals surface area contributed by atoms with Gasteiger partial charge in [-0.05, 0) is 25.1 Å². The largest absolute Gasteiger partial charge is 0.451 e. The van der Waals surface area contributed by atoms with Gasteiger partial charge in [0.05, 0.1) is 0 Å². The topological polar surface area (TPSA) is 45.5 Å². The number of rotatable bonds is 2. The van der Waals surface area contributed by atoms with Gasteiger partial charge in [0, 0.05) is 25.2 Å². The second-order valence-corrected chi connectivity index (χ2v) is 4.93. The smallest absolute Gasteiger partial charge is 0.289 e. The molecule has 1 aromatic heterocycles. The van der Waals surface area contributed by atoms with E-state index in [-0.39, 0.29) is 5.91 Å². The molecule has 4 heteroatoms. The lowest BCUT2D eigenvalue weighted by molar-refractivity contribution is 0.0735. The summed E-state index contributed by atoms with van der Waals surface area (Å²) in [6.45, 7) is 3.34. The lowest BCUT2D eigenvalue weighted by Gasteiger charge is -2.18. The predicted molar refractivity (Wildman–Crippen MR) is 77.5 cm³/mol. The number of carbonyl (C=O) groups excluding carboxylic acids is 1. The summed E-state index contributed by atoms with van der Waals surface area (Å²) < 4.78 is 5.71. The highest BCUT2D eigenvalue weighted by Gasteiger charge is 2.20. The van der Waals surface area contributed by atoms with E-state index in [1.165, 1.54) is 0 Å². The zero-order chi connectivity index (χ0) is 13.8. The molecule has 1 amide bonds. The van der Waals surface area contributed by atoms with Gasteiger partial charge in [0.15, 0.2) is 5.76 Å². The van der Waals surface area contributed by atoms with Crippen molar-refractivity contribution in [3.8, 4) is 11.3 Å². The van der Waals surface area contributed by atoms with E-state index in [1.54, 1.807) is 6.07 Å². The molecule has 0 aliphatic carbocycles. The second-order valence-electron chi connectivity index (χ2n) is 4.93. The Balaban J connectivity index is 1.77. The minimum absolute atomic E-state index is 0.0177. The Hall–Kier alpha value is -2.07. The summed E-state index contributed by atoms with van der Waals surface area (Å²) in [6.07, 6.45) is 0.984. The van der Waals surface area contributed by atoms with Gasteiger partial charge in [-0.15, -0.1) is 0 Å². The number of carbonyl (C=O) groups is 1. The quantitative estimate of drug-likeness (QED) is 0.911. The monoisotopic (exact) mass is 270 g/mol. The van der Waals surface area contributed by atoms with Gasteiger partial charge in [-0.25, -0.2) is 0 Å². The summed E-state index contributed by atoms with van der Waals surface area (Å²) in [7, 11) is 0. The first-order valence-corrected chi connectivity index (χ1v) is 7.00. The Labute approximate surface area is 118 Å². The van der Waals surface area contributed by atoms with Gasteiger partial charge in [0.1, 0.15) is 5.76 Å². The highest BCUT2D eigenvalue weighted by atomic mass is 16.4. The van der Waals surface area contributed by atoms with E-state index in [0.29, 0.717) is 5.76 Å². The van der Waals surface area contributed by atoms with Crippen LogP contribution < -0.4 is 5.32 Å². The van der Waals surface area contributed by atoms with E-state index in [4.69, 9.17) is 4.42 Å². The van der Waals surface area contributed by atoms with Crippen LogP contribution in [0, 0.1) is 0 Å². The lowest BCUT2D eigenvalue weighted by atomic mass is 10.2. The maximum absolute atomic E-state index is 12.4. The Morgan fingerprint density at radius 3 is 2.75 bits per heavy atom. The minimum Gasteiger partial charge on any atom is -0.451 e. The van der Waals surface area contributed by atoms with Crippen molar-refractivity contribution < 1.29 is 9.21 Å². The van der Waals surface area contributed by atoms with Crippen molar-refractivity contribution in [3.05, 3.63) is 48.2 Å². The van der Waals surface area contributed by atoms with Gasteiger partial charge in [-0.1, -0.05) is 30.3 Å². The molecule has 1 aliphatic rings. The van der Waals surface area contributed by atoms with Crippen LogP contribution in [0.1, 0.15) is 17.0 Å². The van der Waals surface area contributed by atoms with Crippen LogP contribution in [0.25, 0.3) is 11.3 Å². The van der Waals surface area contributed by atoms with Crippen molar-refractivity contribution in [2.75, 3.05) is 26.2 Å². The van der Waals surface area contributed by atoms with Crippen LogP contribution in [-0.2, 0) is 0 Å². The molecule has 0 radical (unpaired) electrons. The molecule has 1 saturated heterocycles. The molecule has 0 atom stereocenters. The number of amides is 1. The average molecular weight is 270 g/mol. The summed E-state index contributed by atoms with van der Waals surface area (Å²) in [5, 5.41) is 3.29. The first-order chi connectivity index (χ1) is 9.84. The SMILES string of the molecule is O=C(c1ccc(-c2ccccc2)o1)N1CCCNCC1. The standard InChI is InChI=1S/C16H18N2O2/c19-16(18-11-4-9-17-10-12-18)15-8-7-14(20-15)13-5-2-1-3-6-13/h1-3,5-8,17H,4,9-12H2. The lowest BCUT2D eigenvalue weighted by Crippen LogP contribution is -2.33. The first-order valence-electron chi connectivity index (χ1n) is 7.00. The molecular weight excluding hydrogens is 252 g/mol. The van der Waals surface area contributed by atoms with Gasteiger partial charge in [-0.2, -0.15) is 0 Å².